The van der Waals surface area contributed by atoms with Crippen LogP contribution in [0.1, 0.15) is 22.6 Å². The van der Waals surface area contributed by atoms with Crippen LogP contribution >= 0.6 is 0 Å². The molecule has 0 atom stereocenters. The van der Waals surface area contributed by atoms with Crippen LogP contribution in [0.25, 0.3) is 0 Å². The summed E-state index contributed by atoms with van der Waals surface area (Å²) in [6, 6.07) is 0. The molecule has 2 heterocycles. The predicted octanol–water partition coefficient (Wildman–Crippen LogP) is 0.00622. The Morgan fingerprint density at radius 3 is 2.74 bits per heavy atom. The highest BCUT2D eigenvalue weighted by Crippen LogP contribution is 2.23. The van der Waals surface area contributed by atoms with E-state index in [1.165, 1.54) is 0 Å². The number of nitrogens with one attached hydrogen (secondary N) is 1. The van der Waals surface area contributed by atoms with Gasteiger partial charge in [-0.3, -0.25) is 9.67 Å². The number of rotatable bonds is 5. The number of aliphatic hydroxyl groups is 1. The van der Waals surface area contributed by atoms with Crippen LogP contribution in [-0.4, -0.2) is 30.0 Å². The molecule has 2 aromatic heterocycles. The van der Waals surface area contributed by atoms with Crippen LogP contribution in [0.5, 0.6) is 5.75 Å². The van der Waals surface area contributed by atoms with Crippen LogP contribution in [0.15, 0.2) is 12.5 Å². The highest BCUT2D eigenvalue weighted by molar-refractivity contribution is 5.40. The van der Waals surface area contributed by atoms with Gasteiger partial charge in [0.15, 0.2) is 5.82 Å². The van der Waals surface area contributed by atoms with Crippen molar-refractivity contribution in [3.05, 3.63) is 35.2 Å². The zero-order valence-electron chi connectivity index (χ0n) is 11.0. The average molecular weight is 263 g/mol. The summed E-state index contributed by atoms with van der Waals surface area (Å²) < 4.78 is 1.63. The van der Waals surface area contributed by atoms with E-state index < -0.39 is 0 Å². The fraction of sp³-hybridized carbons (Fsp3) is 0.417. The molecule has 7 nitrogen and oxygen atoms in total. The van der Waals surface area contributed by atoms with E-state index in [2.05, 4.69) is 20.4 Å². The molecule has 0 unspecified atom stereocenters. The van der Waals surface area contributed by atoms with Crippen molar-refractivity contribution in [3.8, 4) is 5.75 Å². The maximum Gasteiger partial charge on any atom is 0.164 e. The van der Waals surface area contributed by atoms with Crippen LogP contribution in [0.2, 0.25) is 0 Å². The monoisotopic (exact) mass is 263 g/mol. The van der Waals surface area contributed by atoms with Crippen molar-refractivity contribution in [1.29, 1.82) is 0 Å². The van der Waals surface area contributed by atoms with Gasteiger partial charge in [0.05, 0.1) is 18.8 Å². The van der Waals surface area contributed by atoms with Gasteiger partial charge in [0.1, 0.15) is 12.1 Å². The van der Waals surface area contributed by atoms with E-state index in [0.717, 1.165) is 0 Å². The number of nitrogens with zero attached hydrogens (tertiary/aromatic N) is 4. The normalized spacial score (nSPS) is 10.9. The van der Waals surface area contributed by atoms with Crippen LogP contribution in [0, 0.1) is 6.92 Å². The smallest absolute Gasteiger partial charge is 0.164 e. The lowest BCUT2D eigenvalue weighted by atomic mass is 10.1. The van der Waals surface area contributed by atoms with Gasteiger partial charge in [0, 0.05) is 30.9 Å². The quantitative estimate of drug-likeness (QED) is 0.703. The standard InChI is InChI=1S/C12H17N5O2/c1-8-12(19)10(9(6-18)3-14-8)4-13-5-11-15-7-17(2)16-11/h3,7,13,18-19H,4-6H2,1-2H3. The summed E-state index contributed by atoms with van der Waals surface area (Å²) in [4.78, 5) is 8.11. The number of hydrogen-bond acceptors (Lipinski definition) is 6. The minimum absolute atomic E-state index is 0.119. The van der Waals surface area contributed by atoms with Crippen molar-refractivity contribution in [2.24, 2.45) is 7.05 Å². The largest absolute Gasteiger partial charge is 0.506 e. The van der Waals surface area contributed by atoms with Crippen molar-refractivity contribution in [2.75, 3.05) is 0 Å². The molecule has 0 bridgehead atoms. The molecule has 19 heavy (non-hydrogen) atoms. The molecule has 0 radical (unpaired) electrons. The molecular formula is C12H17N5O2. The third kappa shape index (κ3) is 3.07. The van der Waals surface area contributed by atoms with Gasteiger partial charge in [-0.05, 0) is 6.92 Å². The molecule has 0 aliphatic rings. The van der Waals surface area contributed by atoms with E-state index >= 15 is 0 Å². The van der Waals surface area contributed by atoms with Gasteiger partial charge >= 0.3 is 0 Å². The third-order valence-corrected chi connectivity index (χ3v) is 2.83. The van der Waals surface area contributed by atoms with Crippen LogP contribution in [-0.2, 0) is 26.7 Å². The Hall–Kier alpha value is -1.99. The molecule has 0 saturated carbocycles. The number of pyridine rings is 1. The summed E-state index contributed by atoms with van der Waals surface area (Å²) in [5.41, 5.74) is 1.82. The van der Waals surface area contributed by atoms with Gasteiger partial charge < -0.3 is 15.5 Å². The number of aliphatic hydroxyl groups excluding tert-OH is 1. The Bertz CT molecular complexity index is 567. The zero-order chi connectivity index (χ0) is 13.8. The number of aryl methyl sites for hydroxylation is 2. The zero-order valence-corrected chi connectivity index (χ0v) is 11.0. The number of aromatic nitrogens is 4. The first-order chi connectivity index (χ1) is 9.11. The number of aromatic hydroxyl groups is 1. The Balaban J connectivity index is 2.04. The molecule has 0 fully saturated rings. The van der Waals surface area contributed by atoms with E-state index in [0.29, 0.717) is 35.7 Å². The molecule has 0 aliphatic heterocycles. The van der Waals surface area contributed by atoms with Gasteiger partial charge in [-0.15, -0.1) is 0 Å². The first-order valence-corrected chi connectivity index (χ1v) is 5.94. The Morgan fingerprint density at radius 2 is 2.11 bits per heavy atom. The SMILES string of the molecule is Cc1ncc(CO)c(CNCc2ncn(C)n2)c1O. The lowest BCUT2D eigenvalue weighted by Gasteiger charge is -2.11. The topological polar surface area (TPSA) is 96.1 Å². The van der Waals surface area contributed by atoms with Crippen molar-refractivity contribution in [3.63, 3.8) is 0 Å². The molecule has 0 saturated heterocycles. The van der Waals surface area contributed by atoms with Gasteiger partial charge in [0.2, 0.25) is 0 Å². The molecule has 0 spiro atoms. The molecular weight excluding hydrogens is 246 g/mol. The first-order valence-electron chi connectivity index (χ1n) is 5.94. The molecule has 2 rings (SSSR count). The Morgan fingerprint density at radius 1 is 1.32 bits per heavy atom. The van der Waals surface area contributed by atoms with E-state index in [1.54, 1.807) is 31.2 Å². The third-order valence-electron chi connectivity index (χ3n) is 2.83. The van der Waals surface area contributed by atoms with Crippen LogP contribution in [0.3, 0.4) is 0 Å². The second-order valence-electron chi connectivity index (χ2n) is 4.29. The van der Waals surface area contributed by atoms with E-state index in [-0.39, 0.29) is 12.4 Å². The summed E-state index contributed by atoms with van der Waals surface area (Å²) in [5.74, 6) is 0.798. The minimum atomic E-state index is -0.153. The van der Waals surface area contributed by atoms with Crippen molar-refractivity contribution in [2.45, 2.75) is 26.6 Å². The summed E-state index contributed by atoms with van der Waals surface area (Å²) in [6.07, 6.45) is 3.20. The minimum Gasteiger partial charge on any atom is -0.506 e. The fourth-order valence-corrected chi connectivity index (χ4v) is 1.78. The summed E-state index contributed by atoms with van der Waals surface area (Å²) in [7, 11) is 1.80. The molecule has 0 aliphatic carbocycles. The maximum atomic E-state index is 9.96. The molecule has 3 N–H and O–H groups in total. The second kappa shape index (κ2) is 5.77. The van der Waals surface area contributed by atoms with E-state index in [9.17, 15) is 10.2 Å². The molecule has 7 heteroatoms. The molecule has 102 valence electrons. The van der Waals surface area contributed by atoms with E-state index in [1.807, 2.05) is 0 Å². The van der Waals surface area contributed by atoms with Crippen molar-refractivity contribution in [1.82, 2.24) is 25.1 Å². The fourth-order valence-electron chi connectivity index (χ4n) is 1.78. The van der Waals surface area contributed by atoms with Crippen LogP contribution in [0.4, 0.5) is 0 Å². The first kappa shape index (κ1) is 13.4. The Labute approximate surface area is 110 Å². The predicted molar refractivity (Wildman–Crippen MR) is 68.1 cm³/mol. The highest BCUT2D eigenvalue weighted by atomic mass is 16.3. The summed E-state index contributed by atoms with van der Waals surface area (Å²) in [5, 5.41) is 26.5. The van der Waals surface area contributed by atoms with Gasteiger partial charge in [-0.1, -0.05) is 0 Å². The second-order valence-corrected chi connectivity index (χ2v) is 4.29. The van der Waals surface area contributed by atoms with Crippen molar-refractivity contribution < 1.29 is 10.2 Å². The van der Waals surface area contributed by atoms with Crippen LogP contribution < -0.4 is 5.32 Å². The summed E-state index contributed by atoms with van der Waals surface area (Å²) >= 11 is 0. The highest BCUT2D eigenvalue weighted by Gasteiger charge is 2.11. The molecule has 2 aromatic rings. The molecule has 0 aromatic carbocycles. The summed E-state index contributed by atoms with van der Waals surface area (Å²) in [6.45, 7) is 2.48. The average Bonchev–Trinajstić information content (AvgIpc) is 2.80. The van der Waals surface area contributed by atoms with Gasteiger partial charge in [-0.2, -0.15) is 5.10 Å². The van der Waals surface area contributed by atoms with E-state index in [4.69, 9.17) is 0 Å². The molecule has 0 amide bonds. The van der Waals surface area contributed by atoms with Gasteiger partial charge in [-0.25, -0.2) is 4.98 Å². The van der Waals surface area contributed by atoms with Gasteiger partial charge in [0.25, 0.3) is 0 Å². The maximum absolute atomic E-state index is 9.96. The lowest BCUT2D eigenvalue weighted by Crippen LogP contribution is -2.16. The Kier molecular flexibility index (Phi) is 4.08. The lowest BCUT2D eigenvalue weighted by molar-refractivity contribution is 0.278. The number of hydrogen-bond donors (Lipinski definition) is 3. The van der Waals surface area contributed by atoms with Crippen molar-refractivity contribution >= 4 is 0 Å².